The first kappa shape index (κ1) is 18.7. The number of carbonyl (C=O) groups excluding carboxylic acids is 1. The van der Waals surface area contributed by atoms with Crippen LogP contribution in [0.2, 0.25) is 0 Å². The molecule has 0 aliphatic carbocycles. The van der Waals surface area contributed by atoms with Crippen LogP contribution in [0.3, 0.4) is 0 Å². The topological polar surface area (TPSA) is 46.9 Å². The van der Waals surface area contributed by atoms with E-state index < -0.39 is 0 Å². The molecule has 3 heterocycles. The third kappa shape index (κ3) is 3.53. The molecule has 0 radical (unpaired) electrons. The number of anilines is 1. The summed E-state index contributed by atoms with van der Waals surface area (Å²) in [5.74, 6) is 0.788. The molecule has 0 spiro atoms. The number of methoxy groups -OCH3 is 1. The number of amides is 1. The Bertz CT molecular complexity index is 983. The van der Waals surface area contributed by atoms with Crippen molar-refractivity contribution in [1.29, 1.82) is 0 Å². The second-order valence-corrected chi connectivity index (χ2v) is 8.35. The summed E-state index contributed by atoms with van der Waals surface area (Å²) < 4.78 is 5.22. The summed E-state index contributed by atoms with van der Waals surface area (Å²) in [6.45, 7) is 6.70. The lowest BCUT2D eigenvalue weighted by molar-refractivity contribution is -0.928. The summed E-state index contributed by atoms with van der Waals surface area (Å²) in [5, 5.41) is 1.09. The largest absolute Gasteiger partial charge is 0.497 e. The van der Waals surface area contributed by atoms with Crippen molar-refractivity contribution in [2.45, 2.75) is 26.9 Å². The van der Waals surface area contributed by atoms with Crippen molar-refractivity contribution in [1.82, 2.24) is 4.98 Å². The normalized spacial score (nSPS) is 16.0. The van der Waals surface area contributed by atoms with E-state index in [0.717, 1.165) is 23.8 Å². The highest BCUT2D eigenvalue weighted by molar-refractivity contribution is 7.16. The number of benzene rings is 1. The van der Waals surface area contributed by atoms with Gasteiger partial charge in [0.05, 0.1) is 7.11 Å². The fourth-order valence-electron chi connectivity index (χ4n) is 3.65. The minimum Gasteiger partial charge on any atom is -0.497 e. The van der Waals surface area contributed by atoms with Gasteiger partial charge in [0.15, 0.2) is 6.67 Å². The summed E-state index contributed by atoms with van der Waals surface area (Å²) in [4.78, 5) is 22.1. The number of hydrogen-bond acceptors (Lipinski definition) is 4. The molecule has 0 bridgehead atoms. The molecule has 1 unspecified atom stereocenters. The van der Waals surface area contributed by atoms with Crippen LogP contribution < -0.4 is 14.5 Å². The van der Waals surface area contributed by atoms with Gasteiger partial charge in [-0.15, -0.1) is 11.3 Å². The highest BCUT2D eigenvalue weighted by atomic mass is 32.1. The van der Waals surface area contributed by atoms with Gasteiger partial charge < -0.3 is 9.64 Å². The van der Waals surface area contributed by atoms with Gasteiger partial charge in [0.1, 0.15) is 23.8 Å². The summed E-state index contributed by atoms with van der Waals surface area (Å²) in [6.07, 6.45) is 3.70. The van der Waals surface area contributed by atoms with E-state index in [1.54, 1.807) is 24.6 Å². The predicted octanol–water partition coefficient (Wildman–Crippen LogP) is 2.97. The Morgan fingerprint density at radius 3 is 2.71 bits per heavy atom. The van der Waals surface area contributed by atoms with E-state index in [1.807, 2.05) is 41.4 Å². The van der Waals surface area contributed by atoms with Crippen LogP contribution >= 0.6 is 11.3 Å². The second kappa shape index (κ2) is 7.73. The predicted molar refractivity (Wildman–Crippen MR) is 111 cm³/mol. The number of hydrogen-bond donors (Lipinski definition) is 1. The summed E-state index contributed by atoms with van der Waals surface area (Å²) in [6, 6.07) is 11.4. The van der Waals surface area contributed by atoms with E-state index in [-0.39, 0.29) is 5.91 Å². The minimum atomic E-state index is 0.0357. The zero-order valence-corrected chi connectivity index (χ0v) is 17.2. The lowest BCUT2D eigenvalue weighted by Crippen LogP contribution is -3.12. The molecule has 0 saturated carbocycles. The zero-order chi connectivity index (χ0) is 19.7. The van der Waals surface area contributed by atoms with E-state index in [0.29, 0.717) is 12.2 Å². The van der Waals surface area contributed by atoms with Crippen LogP contribution in [0.25, 0.3) is 0 Å². The average molecular weight is 395 g/mol. The molecule has 1 atom stereocenters. The number of quaternary nitrogens is 1. The maximum atomic E-state index is 13.3. The molecule has 1 amide bonds. The van der Waals surface area contributed by atoms with Gasteiger partial charge in [-0.1, -0.05) is 6.07 Å². The van der Waals surface area contributed by atoms with Gasteiger partial charge in [0.25, 0.3) is 5.91 Å². The van der Waals surface area contributed by atoms with Crippen molar-refractivity contribution in [2.24, 2.45) is 0 Å². The fraction of sp³-hybridized carbons (Fsp3) is 0.273. The Balaban J connectivity index is 1.66. The average Bonchev–Trinajstić information content (AvgIpc) is 3.02. The van der Waals surface area contributed by atoms with E-state index in [2.05, 4.69) is 24.9 Å². The molecule has 28 heavy (non-hydrogen) atoms. The third-order valence-electron chi connectivity index (χ3n) is 5.30. The Kier molecular flexibility index (Phi) is 5.15. The van der Waals surface area contributed by atoms with Gasteiger partial charge >= 0.3 is 0 Å². The van der Waals surface area contributed by atoms with Crippen molar-refractivity contribution in [3.63, 3.8) is 0 Å². The lowest BCUT2D eigenvalue weighted by Gasteiger charge is -2.33. The van der Waals surface area contributed by atoms with E-state index in [9.17, 15) is 4.79 Å². The monoisotopic (exact) mass is 394 g/mol. The highest BCUT2D eigenvalue weighted by Gasteiger charge is 2.33. The van der Waals surface area contributed by atoms with Crippen LogP contribution in [0.5, 0.6) is 5.75 Å². The van der Waals surface area contributed by atoms with Crippen LogP contribution in [0, 0.1) is 13.8 Å². The minimum absolute atomic E-state index is 0.0357. The van der Waals surface area contributed by atoms with Gasteiger partial charge in [-0.2, -0.15) is 0 Å². The Labute approximate surface area is 169 Å². The van der Waals surface area contributed by atoms with Gasteiger partial charge in [0, 0.05) is 34.0 Å². The summed E-state index contributed by atoms with van der Waals surface area (Å²) >= 11 is 1.72. The molecule has 1 N–H and O–H groups in total. The Hall–Kier alpha value is -2.70. The first-order valence-corrected chi connectivity index (χ1v) is 10.2. The zero-order valence-electron chi connectivity index (χ0n) is 16.4. The SMILES string of the molecule is COc1ccc(C(=O)N2C[NH+](Cc3cccnc3)Cc3c2sc(C)c3C)cc1. The smallest absolute Gasteiger partial charge is 0.263 e. The number of carbonyl (C=O) groups is 1. The lowest BCUT2D eigenvalue weighted by atomic mass is 10.1. The quantitative estimate of drug-likeness (QED) is 0.740. The molecule has 2 aromatic heterocycles. The number of ether oxygens (including phenoxy) is 1. The molecule has 6 heteroatoms. The number of rotatable bonds is 4. The van der Waals surface area contributed by atoms with Gasteiger partial charge in [-0.05, 0) is 49.7 Å². The number of nitrogens with zero attached hydrogens (tertiary/aromatic N) is 2. The van der Waals surface area contributed by atoms with Crippen molar-refractivity contribution < 1.29 is 14.4 Å². The number of thiophene rings is 1. The summed E-state index contributed by atoms with van der Waals surface area (Å²) in [7, 11) is 1.63. The molecular weight excluding hydrogens is 370 g/mol. The van der Waals surface area contributed by atoms with Crippen molar-refractivity contribution in [2.75, 3.05) is 18.7 Å². The maximum Gasteiger partial charge on any atom is 0.263 e. The van der Waals surface area contributed by atoms with Crippen LogP contribution in [-0.2, 0) is 13.1 Å². The maximum absolute atomic E-state index is 13.3. The van der Waals surface area contributed by atoms with Crippen LogP contribution in [0.4, 0.5) is 5.00 Å². The van der Waals surface area contributed by atoms with E-state index in [4.69, 9.17) is 4.74 Å². The van der Waals surface area contributed by atoms with Crippen LogP contribution in [0.15, 0.2) is 48.8 Å². The van der Waals surface area contributed by atoms with Crippen molar-refractivity contribution >= 4 is 22.2 Å². The number of aromatic nitrogens is 1. The van der Waals surface area contributed by atoms with Crippen molar-refractivity contribution in [3.8, 4) is 5.75 Å². The molecule has 1 aliphatic heterocycles. The molecule has 1 aliphatic rings. The highest BCUT2D eigenvalue weighted by Crippen LogP contribution is 2.37. The van der Waals surface area contributed by atoms with Gasteiger partial charge in [0.2, 0.25) is 0 Å². The first-order chi connectivity index (χ1) is 13.6. The molecule has 1 aromatic carbocycles. The summed E-state index contributed by atoms with van der Waals surface area (Å²) in [5.41, 5.74) is 4.45. The van der Waals surface area contributed by atoms with Crippen LogP contribution in [-0.4, -0.2) is 24.7 Å². The van der Waals surface area contributed by atoms with E-state index in [1.165, 1.54) is 26.5 Å². The molecular formula is C22H24N3O2S+. The Morgan fingerprint density at radius 1 is 1.25 bits per heavy atom. The van der Waals surface area contributed by atoms with Gasteiger partial charge in [-0.3, -0.25) is 14.7 Å². The first-order valence-electron chi connectivity index (χ1n) is 9.34. The number of aryl methyl sites for hydroxylation is 1. The Morgan fingerprint density at radius 2 is 2.04 bits per heavy atom. The number of nitrogens with one attached hydrogen (secondary N) is 1. The fourth-order valence-corrected chi connectivity index (χ4v) is 4.82. The molecule has 5 nitrogen and oxygen atoms in total. The molecule has 0 saturated heterocycles. The van der Waals surface area contributed by atoms with Crippen molar-refractivity contribution in [3.05, 3.63) is 75.9 Å². The molecule has 3 aromatic rings. The van der Waals surface area contributed by atoms with E-state index >= 15 is 0 Å². The standard InChI is InChI=1S/C22H23N3O2S/c1-15-16(2)28-22-20(15)13-24(12-17-5-4-10-23-11-17)14-25(22)21(26)18-6-8-19(27-3)9-7-18/h4-11H,12-14H2,1-3H3/p+1. The number of fused-ring (bicyclic) bond motifs is 1. The molecule has 4 rings (SSSR count). The third-order valence-corrected chi connectivity index (χ3v) is 6.57. The molecule has 0 fully saturated rings. The van der Waals surface area contributed by atoms with Crippen LogP contribution in [0.1, 0.15) is 31.9 Å². The number of pyridine rings is 1. The second-order valence-electron chi connectivity index (χ2n) is 7.15. The van der Waals surface area contributed by atoms with Gasteiger partial charge in [-0.25, -0.2) is 0 Å². The molecule has 144 valence electrons.